The SMILES string of the molecule is CCOC(=O)C(=O)NCCc1cccs1. The van der Waals surface area contributed by atoms with Crippen molar-refractivity contribution in [2.75, 3.05) is 13.2 Å². The molecule has 0 aliphatic rings. The van der Waals surface area contributed by atoms with E-state index < -0.39 is 11.9 Å². The summed E-state index contributed by atoms with van der Waals surface area (Å²) in [5.41, 5.74) is 0. The Hall–Kier alpha value is -1.36. The van der Waals surface area contributed by atoms with Crippen LogP contribution in [0.15, 0.2) is 17.5 Å². The summed E-state index contributed by atoms with van der Waals surface area (Å²) in [7, 11) is 0. The molecule has 0 bridgehead atoms. The molecular weight excluding hydrogens is 214 g/mol. The molecule has 4 nitrogen and oxygen atoms in total. The van der Waals surface area contributed by atoms with Crippen LogP contribution in [0, 0.1) is 0 Å². The Kier molecular flexibility index (Phi) is 4.83. The highest BCUT2D eigenvalue weighted by Crippen LogP contribution is 2.07. The first-order valence-corrected chi connectivity index (χ1v) is 5.59. The van der Waals surface area contributed by atoms with Gasteiger partial charge in [0.15, 0.2) is 0 Å². The molecule has 5 heteroatoms. The normalized spacial score (nSPS) is 9.67. The van der Waals surface area contributed by atoms with Crippen molar-refractivity contribution in [3.05, 3.63) is 22.4 Å². The molecule has 82 valence electrons. The first kappa shape index (κ1) is 11.7. The van der Waals surface area contributed by atoms with Crippen LogP contribution in [0.4, 0.5) is 0 Å². The molecule has 1 heterocycles. The molecule has 1 aromatic heterocycles. The van der Waals surface area contributed by atoms with Gasteiger partial charge in [-0.05, 0) is 24.8 Å². The summed E-state index contributed by atoms with van der Waals surface area (Å²) in [5.74, 6) is -1.49. The second-order valence-corrected chi connectivity index (χ2v) is 3.84. The molecule has 0 saturated heterocycles. The molecular formula is C10H13NO3S. The Labute approximate surface area is 92.2 Å². The van der Waals surface area contributed by atoms with E-state index in [0.717, 1.165) is 6.42 Å². The van der Waals surface area contributed by atoms with Crippen LogP contribution in [-0.4, -0.2) is 25.0 Å². The van der Waals surface area contributed by atoms with Crippen LogP contribution in [0.25, 0.3) is 0 Å². The lowest BCUT2D eigenvalue weighted by atomic mass is 10.3. The van der Waals surface area contributed by atoms with Crippen molar-refractivity contribution in [1.82, 2.24) is 5.32 Å². The van der Waals surface area contributed by atoms with E-state index >= 15 is 0 Å². The van der Waals surface area contributed by atoms with Gasteiger partial charge in [0.25, 0.3) is 0 Å². The predicted molar refractivity (Wildman–Crippen MR) is 57.7 cm³/mol. The fraction of sp³-hybridized carbons (Fsp3) is 0.400. The highest BCUT2D eigenvalue weighted by Gasteiger charge is 2.13. The van der Waals surface area contributed by atoms with E-state index in [-0.39, 0.29) is 6.61 Å². The highest BCUT2D eigenvalue weighted by molar-refractivity contribution is 7.09. The van der Waals surface area contributed by atoms with E-state index in [1.165, 1.54) is 4.88 Å². The first-order valence-electron chi connectivity index (χ1n) is 4.71. The summed E-state index contributed by atoms with van der Waals surface area (Å²) < 4.78 is 4.54. The summed E-state index contributed by atoms with van der Waals surface area (Å²) in [6.45, 7) is 2.34. The third-order valence-electron chi connectivity index (χ3n) is 1.70. The molecule has 0 spiro atoms. The van der Waals surface area contributed by atoms with E-state index in [2.05, 4.69) is 10.1 Å². The number of hydrogen-bond acceptors (Lipinski definition) is 4. The van der Waals surface area contributed by atoms with Crippen molar-refractivity contribution >= 4 is 23.2 Å². The topological polar surface area (TPSA) is 55.4 Å². The quantitative estimate of drug-likeness (QED) is 0.616. The molecule has 0 unspecified atom stereocenters. The minimum Gasteiger partial charge on any atom is -0.459 e. The number of esters is 1. The number of thiophene rings is 1. The van der Waals surface area contributed by atoms with Crippen LogP contribution in [0.1, 0.15) is 11.8 Å². The Morgan fingerprint density at radius 3 is 2.93 bits per heavy atom. The molecule has 0 aromatic carbocycles. The van der Waals surface area contributed by atoms with Crippen LogP contribution in [0.2, 0.25) is 0 Å². The second kappa shape index (κ2) is 6.19. The fourth-order valence-corrected chi connectivity index (χ4v) is 1.73. The number of carbonyl (C=O) groups is 2. The number of rotatable bonds is 4. The number of hydrogen-bond donors (Lipinski definition) is 1. The molecule has 1 N–H and O–H groups in total. The zero-order chi connectivity index (χ0) is 11.1. The molecule has 0 radical (unpaired) electrons. The number of ether oxygens (including phenoxy) is 1. The van der Waals surface area contributed by atoms with Crippen LogP contribution < -0.4 is 5.32 Å². The average molecular weight is 227 g/mol. The molecule has 0 atom stereocenters. The number of nitrogens with one attached hydrogen (secondary N) is 1. The number of carbonyl (C=O) groups excluding carboxylic acids is 2. The van der Waals surface area contributed by atoms with Crippen molar-refractivity contribution in [3.8, 4) is 0 Å². The number of amides is 1. The Morgan fingerprint density at radius 1 is 1.53 bits per heavy atom. The van der Waals surface area contributed by atoms with Crippen LogP contribution in [0.3, 0.4) is 0 Å². The summed E-state index contributed by atoms with van der Waals surface area (Å²) in [5, 5.41) is 4.47. The van der Waals surface area contributed by atoms with Gasteiger partial charge in [-0.2, -0.15) is 0 Å². The lowest BCUT2D eigenvalue weighted by Gasteiger charge is -2.03. The molecule has 1 rings (SSSR count). The van der Waals surface area contributed by atoms with Gasteiger partial charge in [0.2, 0.25) is 0 Å². The maximum Gasteiger partial charge on any atom is 0.396 e. The molecule has 0 fully saturated rings. The van der Waals surface area contributed by atoms with Gasteiger partial charge in [0.05, 0.1) is 6.61 Å². The van der Waals surface area contributed by atoms with Gasteiger partial charge in [-0.1, -0.05) is 6.07 Å². The van der Waals surface area contributed by atoms with E-state index in [1.807, 2.05) is 17.5 Å². The van der Waals surface area contributed by atoms with E-state index in [4.69, 9.17) is 0 Å². The van der Waals surface area contributed by atoms with Gasteiger partial charge >= 0.3 is 11.9 Å². The van der Waals surface area contributed by atoms with E-state index in [0.29, 0.717) is 6.54 Å². The lowest BCUT2D eigenvalue weighted by molar-refractivity contribution is -0.154. The largest absolute Gasteiger partial charge is 0.459 e. The summed E-state index contributed by atoms with van der Waals surface area (Å²) in [6, 6.07) is 3.94. The monoisotopic (exact) mass is 227 g/mol. The van der Waals surface area contributed by atoms with Crippen molar-refractivity contribution < 1.29 is 14.3 Å². The fourth-order valence-electron chi connectivity index (χ4n) is 1.02. The minimum atomic E-state index is -0.816. The lowest BCUT2D eigenvalue weighted by Crippen LogP contribution is -2.33. The molecule has 15 heavy (non-hydrogen) atoms. The molecule has 0 saturated carbocycles. The Bertz CT molecular complexity index is 321. The Morgan fingerprint density at radius 2 is 2.33 bits per heavy atom. The van der Waals surface area contributed by atoms with Gasteiger partial charge in [-0.15, -0.1) is 11.3 Å². The molecule has 0 aliphatic carbocycles. The van der Waals surface area contributed by atoms with Gasteiger partial charge in [-0.25, -0.2) is 4.79 Å². The zero-order valence-electron chi connectivity index (χ0n) is 8.49. The second-order valence-electron chi connectivity index (χ2n) is 2.81. The van der Waals surface area contributed by atoms with Crippen molar-refractivity contribution in [2.24, 2.45) is 0 Å². The maximum absolute atomic E-state index is 11.1. The van der Waals surface area contributed by atoms with Crippen LogP contribution >= 0.6 is 11.3 Å². The van der Waals surface area contributed by atoms with Gasteiger partial charge < -0.3 is 10.1 Å². The standard InChI is InChI=1S/C10H13NO3S/c1-2-14-10(13)9(12)11-6-5-8-4-3-7-15-8/h3-4,7H,2,5-6H2,1H3,(H,11,12). The van der Waals surface area contributed by atoms with Crippen molar-refractivity contribution in [3.63, 3.8) is 0 Å². The third kappa shape index (κ3) is 4.12. The summed E-state index contributed by atoms with van der Waals surface area (Å²) >= 11 is 1.63. The molecule has 0 aliphatic heterocycles. The van der Waals surface area contributed by atoms with Crippen molar-refractivity contribution in [2.45, 2.75) is 13.3 Å². The first-order chi connectivity index (χ1) is 7.24. The molecule has 1 amide bonds. The Balaban J connectivity index is 2.20. The van der Waals surface area contributed by atoms with Crippen molar-refractivity contribution in [1.29, 1.82) is 0 Å². The third-order valence-corrected chi connectivity index (χ3v) is 2.63. The van der Waals surface area contributed by atoms with E-state index in [9.17, 15) is 9.59 Å². The van der Waals surface area contributed by atoms with Crippen LogP contribution in [-0.2, 0) is 20.7 Å². The zero-order valence-corrected chi connectivity index (χ0v) is 9.30. The minimum absolute atomic E-state index is 0.219. The highest BCUT2D eigenvalue weighted by atomic mass is 32.1. The van der Waals surface area contributed by atoms with Gasteiger partial charge in [0.1, 0.15) is 0 Å². The maximum atomic E-state index is 11.1. The summed E-state index contributed by atoms with van der Waals surface area (Å²) in [4.78, 5) is 23.2. The molecule has 1 aromatic rings. The summed E-state index contributed by atoms with van der Waals surface area (Å²) in [6.07, 6.45) is 0.739. The predicted octanol–water partition coefficient (Wildman–Crippen LogP) is 0.970. The van der Waals surface area contributed by atoms with Gasteiger partial charge in [-0.3, -0.25) is 4.79 Å². The van der Waals surface area contributed by atoms with Crippen LogP contribution in [0.5, 0.6) is 0 Å². The average Bonchev–Trinajstić information content (AvgIpc) is 2.71. The van der Waals surface area contributed by atoms with E-state index in [1.54, 1.807) is 18.3 Å². The smallest absolute Gasteiger partial charge is 0.396 e. The van der Waals surface area contributed by atoms with Gasteiger partial charge in [0, 0.05) is 11.4 Å².